The van der Waals surface area contributed by atoms with Crippen LogP contribution >= 0.6 is 0 Å². The van der Waals surface area contributed by atoms with Crippen molar-refractivity contribution in [2.45, 2.75) is 31.5 Å². The quantitative estimate of drug-likeness (QED) is 0.790. The molecule has 0 saturated heterocycles. The van der Waals surface area contributed by atoms with Crippen LogP contribution in [0.4, 0.5) is 13.2 Å². The molecule has 0 aromatic heterocycles. The molecule has 0 amide bonds. The van der Waals surface area contributed by atoms with E-state index in [2.05, 4.69) is 0 Å². The van der Waals surface area contributed by atoms with Crippen molar-refractivity contribution in [3.05, 3.63) is 47.5 Å². The summed E-state index contributed by atoms with van der Waals surface area (Å²) in [5, 5.41) is 10.2. The molecule has 0 heterocycles. The Bertz CT molecular complexity index is 437. The number of aliphatic hydroxyl groups excluding tert-OH is 1. The fourth-order valence-electron chi connectivity index (χ4n) is 2.37. The van der Waals surface area contributed by atoms with E-state index in [1.165, 1.54) is 18.2 Å². The van der Waals surface area contributed by atoms with Crippen LogP contribution in [0, 0.1) is 5.92 Å². The highest BCUT2D eigenvalue weighted by Gasteiger charge is 2.36. The fraction of sp³-hybridized carbons (Fsp3) is 0.429. The fourth-order valence-corrected chi connectivity index (χ4v) is 2.37. The summed E-state index contributed by atoms with van der Waals surface area (Å²) in [4.78, 5) is 0. The normalized spacial score (nSPS) is 21.9. The van der Waals surface area contributed by atoms with Gasteiger partial charge in [0.2, 0.25) is 0 Å². The van der Waals surface area contributed by atoms with Crippen molar-refractivity contribution in [3.8, 4) is 0 Å². The molecule has 0 fully saturated rings. The second-order valence-corrected chi connectivity index (χ2v) is 4.57. The van der Waals surface area contributed by atoms with E-state index < -0.39 is 17.8 Å². The first kappa shape index (κ1) is 13.1. The summed E-state index contributed by atoms with van der Waals surface area (Å²) in [6, 6.07) is 5.27. The molecular formula is C14H15F3O. The Morgan fingerprint density at radius 3 is 2.50 bits per heavy atom. The summed E-state index contributed by atoms with van der Waals surface area (Å²) in [5.74, 6) is -0.126. The molecule has 18 heavy (non-hydrogen) atoms. The molecule has 0 bridgehead atoms. The molecule has 98 valence electrons. The van der Waals surface area contributed by atoms with Gasteiger partial charge in [0.1, 0.15) is 0 Å². The highest BCUT2D eigenvalue weighted by molar-refractivity contribution is 5.32. The molecule has 2 unspecified atom stereocenters. The largest absolute Gasteiger partial charge is 0.416 e. The van der Waals surface area contributed by atoms with Crippen LogP contribution in [0.15, 0.2) is 36.4 Å². The lowest BCUT2D eigenvalue weighted by molar-refractivity contribution is -0.139. The maximum absolute atomic E-state index is 12.9. The number of halogens is 3. The summed E-state index contributed by atoms with van der Waals surface area (Å²) < 4.78 is 38.6. The highest BCUT2D eigenvalue weighted by Crippen LogP contribution is 2.39. The lowest BCUT2D eigenvalue weighted by Gasteiger charge is -2.26. The van der Waals surface area contributed by atoms with Crippen LogP contribution in [0.2, 0.25) is 0 Å². The number of alkyl halides is 3. The Labute approximate surface area is 104 Å². The van der Waals surface area contributed by atoms with Gasteiger partial charge in [0.15, 0.2) is 0 Å². The van der Waals surface area contributed by atoms with Gasteiger partial charge in [-0.25, -0.2) is 0 Å². The van der Waals surface area contributed by atoms with Crippen LogP contribution < -0.4 is 0 Å². The van der Waals surface area contributed by atoms with E-state index in [9.17, 15) is 18.3 Å². The van der Waals surface area contributed by atoms with Gasteiger partial charge in [-0.2, -0.15) is 13.2 Å². The SMILES string of the molecule is OC(c1ccccc1C(F)(F)F)C1CC=CCC1. The second kappa shape index (κ2) is 5.14. The minimum absolute atomic E-state index is 0.00898. The highest BCUT2D eigenvalue weighted by atomic mass is 19.4. The molecule has 4 heteroatoms. The molecule has 1 aliphatic carbocycles. The Balaban J connectivity index is 2.30. The zero-order valence-electron chi connectivity index (χ0n) is 9.82. The standard InChI is InChI=1S/C14H15F3O/c15-14(16,17)12-9-5-4-8-11(12)13(18)10-6-2-1-3-7-10/h1-2,4-5,8-10,13,18H,3,6-7H2. The van der Waals surface area contributed by atoms with E-state index in [0.717, 1.165) is 18.9 Å². The number of allylic oxidation sites excluding steroid dienone is 2. The first-order valence-electron chi connectivity index (χ1n) is 5.99. The summed E-state index contributed by atoms with van der Waals surface area (Å²) in [5.41, 5.74) is -0.739. The van der Waals surface area contributed by atoms with E-state index in [1.807, 2.05) is 12.2 Å². The van der Waals surface area contributed by atoms with Crippen molar-refractivity contribution in [1.29, 1.82) is 0 Å². The molecule has 0 saturated carbocycles. The van der Waals surface area contributed by atoms with E-state index >= 15 is 0 Å². The summed E-state index contributed by atoms with van der Waals surface area (Å²) >= 11 is 0. The average molecular weight is 256 g/mol. The van der Waals surface area contributed by atoms with Crippen LogP contribution in [0.5, 0.6) is 0 Å². The Morgan fingerprint density at radius 2 is 1.89 bits per heavy atom. The van der Waals surface area contributed by atoms with Gasteiger partial charge in [-0.1, -0.05) is 30.4 Å². The molecule has 0 radical (unpaired) electrons. The maximum atomic E-state index is 12.9. The molecule has 0 spiro atoms. The molecule has 1 N–H and O–H groups in total. The van der Waals surface area contributed by atoms with Gasteiger partial charge < -0.3 is 5.11 Å². The lowest BCUT2D eigenvalue weighted by Crippen LogP contribution is -2.18. The molecule has 1 nitrogen and oxygen atoms in total. The number of rotatable bonds is 2. The zero-order chi connectivity index (χ0) is 13.2. The third kappa shape index (κ3) is 2.75. The lowest BCUT2D eigenvalue weighted by atomic mass is 9.84. The maximum Gasteiger partial charge on any atom is 0.416 e. The molecule has 0 aliphatic heterocycles. The first-order valence-corrected chi connectivity index (χ1v) is 5.99. The number of aliphatic hydroxyl groups is 1. The van der Waals surface area contributed by atoms with Crippen molar-refractivity contribution in [1.82, 2.24) is 0 Å². The zero-order valence-corrected chi connectivity index (χ0v) is 9.82. The molecule has 1 aromatic rings. The minimum atomic E-state index is -4.41. The predicted molar refractivity (Wildman–Crippen MR) is 62.9 cm³/mol. The number of hydrogen-bond acceptors (Lipinski definition) is 1. The Kier molecular flexibility index (Phi) is 3.76. The first-order chi connectivity index (χ1) is 8.50. The number of benzene rings is 1. The monoisotopic (exact) mass is 256 g/mol. The van der Waals surface area contributed by atoms with Gasteiger partial charge >= 0.3 is 6.18 Å². The van der Waals surface area contributed by atoms with Gasteiger partial charge in [0, 0.05) is 0 Å². The average Bonchev–Trinajstić information content (AvgIpc) is 2.38. The van der Waals surface area contributed by atoms with Crippen LogP contribution in [0.25, 0.3) is 0 Å². The summed E-state index contributed by atoms with van der Waals surface area (Å²) in [6.07, 6.45) is 0.634. The van der Waals surface area contributed by atoms with E-state index in [0.29, 0.717) is 6.42 Å². The molecule has 2 atom stereocenters. The third-order valence-corrected chi connectivity index (χ3v) is 3.34. The Morgan fingerprint density at radius 1 is 1.17 bits per heavy atom. The van der Waals surface area contributed by atoms with Crippen LogP contribution in [-0.4, -0.2) is 5.11 Å². The van der Waals surface area contributed by atoms with Crippen LogP contribution in [0.1, 0.15) is 36.5 Å². The Hall–Kier alpha value is -1.29. The third-order valence-electron chi connectivity index (χ3n) is 3.34. The minimum Gasteiger partial charge on any atom is -0.388 e. The van der Waals surface area contributed by atoms with Gasteiger partial charge in [-0.3, -0.25) is 0 Å². The van der Waals surface area contributed by atoms with Crippen molar-refractivity contribution in [2.75, 3.05) is 0 Å². The van der Waals surface area contributed by atoms with Crippen molar-refractivity contribution >= 4 is 0 Å². The predicted octanol–water partition coefficient (Wildman–Crippen LogP) is 4.10. The van der Waals surface area contributed by atoms with E-state index in [4.69, 9.17) is 0 Å². The molecule has 2 rings (SSSR count). The molecule has 1 aromatic carbocycles. The molecular weight excluding hydrogens is 241 g/mol. The van der Waals surface area contributed by atoms with Crippen LogP contribution in [0.3, 0.4) is 0 Å². The smallest absolute Gasteiger partial charge is 0.388 e. The second-order valence-electron chi connectivity index (χ2n) is 4.57. The van der Waals surface area contributed by atoms with E-state index in [-0.39, 0.29) is 11.5 Å². The van der Waals surface area contributed by atoms with Gasteiger partial charge in [-0.15, -0.1) is 0 Å². The van der Waals surface area contributed by atoms with E-state index in [1.54, 1.807) is 0 Å². The van der Waals surface area contributed by atoms with Crippen LogP contribution in [-0.2, 0) is 6.18 Å². The van der Waals surface area contributed by atoms with Gasteiger partial charge in [0.05, 0.1) is 11.7 Å². The number of hydrogen-bond donors (Lipinski definition) is 1. The van der Waals surface area contributed by atoms with Crippen molar-refractivity contribution in [2.24, 2.45) is 5.92 Å². The van der Waals surface area contributed by atoms with Gasteiger partial charge in [0.25, 0.3) is 0 Å². The van der Waals surface area contributed by atoms with Gasteiger partial charge in [-0.05, 0) is 36.8 Å². The summed E-state index contributed by atoms with van der Waals surface area (Å²) in [7, 11) is 0. The summed E-state index contributed by atoms with van der Waals surface area (Å²) in [6.45, 7) is 0. The van der Waals surface area contributed by atoms with Crippen molar-refractivity contribution in [3.63, 3.8) is 0 Å². The molecule has 1 aliphatic rings. The van der Waals surface area contributed by atoms with Crippen molar-refractivity contribution < 1.29 is 18.3 Å². The topological polar surface area (TPSA) is 20.2 Å².